The van der Waals surface area contributed by atoms with E-state index < -0.39 is 0 Å². The highest BCUT2D eigenvalue weighted by Crippen LogP contribution is 2.34. The fourth-order valence-corrected chi connectivity index (χ4v) is 1.93. The summed E-state index contributed by atoms with van der Waals surface area (Å²) in [5, 5.41) is 10.0. The second-order valence-electron chi connectivity index (χ2n) is 4.17. The van der Waals surface area contributed by atoms with Gasteiger partial charge in [-0.05, 0) is 12.1 Å². The molecule has 0 atom stereocenters. The van der Waals surface area contributed by atoms with Gasteiger partial charge in [-0.2, -0.15) is 4.98 Å². The molecule has 0 amide bonds. The highest BCUT2D eigenvalue weighted by Gasteiger charge is 2.14. The molecule has 0 radical (unpaired) electrons. The zero-order valence-corrected chi connectivity index (χ0v) is 10.3. The van der Waals surface area contributed by atoms with E-state index in [9.17, 15) is 0 Å². The van der Waals surface area contributed by atoms with Crippen LogP contribution in [0, 0.1) is 0 Å². The number of imidazole rings is 1. The van der Waals surface area contributed by atoms with Crippen molar-refractivity contribution in [3.05, 3.63) is 30.7 Å². The van der Waals surface area contributed by atoms with E-state index in [2.05, 4.69) is 30.5 Å². The molecule has 0 saturated heterocycles. The number of ether oxygens (including phenoxy) is 2. The van der Waals surface area contributed by atoms with Crippen molar-refractivity contribution < 1.29 is 9.47 Å². The summed E-state index contributed by atoms with van der Waals surface area (Å²) in [5.41, 5.74) is 1.60. The van der Waals surface area contributed by atoms with Gasteiger partial charge in [0, 0.05) is 11.8 Å². The number of fused-ring (bicyclic) bond motifs is 1. The van der Waals surface area contributed by atoms with E-state index in [1.54, 1.807) is 12.5 Å². The lowest BCUT2D eigenvalue weighted by Gasteiger charge is -2.02. The minimum absolute atomic E-state index is 0.253. The highest BCUT2D eigenvalue weighted by atomic mass is 16.7. The maximum Gasteiger partial charge on any atom is 0.246 e. The quantitative estimate of drug-likeness (QED) is 0.669. The summed E-state index contributed by atoms with van der Waals surface area (Å²) in [6.07, 6.45) is 3.26. The normalized spacial score (nSPS) is 12.6. The van der Waals surface area contributed by atoms with Crippen LogP contribution in [-0.4, -0.2) is 31.9 Å². The number of nitrogens with zero attached hydrogens (tertiary/aromatic N) is 3. The summed E-state index contributed by atoms with van der Waals surface area (Å²) in [4.78, 5) is 11.2. The van der Waals surface area contributed by atoms with Crippen molar-refractivity contribution in [2.24, 2.45) is 0 Å². The first-order valence-electron chi connectivity index (χ1n) is 5.96. The standard InChI is InChI=1S/C12H10N6O2/c1-2-9-10(20-6-19-9)3-7(1)15-12-16-11(17-18-12)8-4-13-5-14-8/h1-5H,6H2,(H,13,14)(H2,15,16,17,18). The van der Waals surface area contributed by atoms with Gasteiger partial charge < -0.3 is 19.8 Å². The molecule has 3 aromatic rings. The molecule has 3 heterocycles. The summed E-state index contributed by atoms with van der Waals surface area (Å²) in [6, 6.07) is 5.56. The van der Waals surface area contributed by atoms with Crippen molar-refractivity contribution in [2.75, 3.05) is 12.1 Å². The van der Waals surface area contributed by atoms with Crippen LogP contribution < -0.4 is 14.8 Å². The van der Waals surface area contributed by atoms with Gasteiger partial charge in [0.25, 0.3) is 0 Å². The molecular weight excluding hydrogens is 260 g/mol. The molecule has 0 bridgehead atoms. The van der Waals surface area contributed by atoms with Crippen LogP contribution in [0.3, 0.4) is 0 Å². The molecule has 8 heteroatoms. The molecule has 0 spiro atoms. The zero-order valence-electron chi connectivity index (χ0n) is 10.3. The predicted molar refractivity (Wildman–Crippen MR) is 69.8 cm³/mol. The second-order valence-corrected chi connectivity index (χ2v) is 4.17. The van der Waals surface area contributed by atoms with E-state index in [0.717, 1.165) is 17.1 Å². The Morgan fingerprint density at radius 2 is 2.15 bits per heavy atom. The molecule has 1 aliphatic heterocycles. The third-order valence-electron chi connectivity index (χ3n) is 2.87. The molecule has 3 N–H and O–H groups in total. The molecule has 8 nitrogen and oxygen atoms in total. The van der Waals surface area contributed by atoms with Crippen molar-refractivity contribution in [1.82, 2.24) is 25.1 Å². The molecule has 1 aliphatic rings. The number of hydrogen-bond acceptors (Lipinski definition) is 6. The van der Waals surface area contributed by atoms with Crippen LogP contribution in [0.15, 0.2) is 30.7 Å². The highest BCUT2D eigenvalue weighted by molar-refractivity contribution is 5.61. The van der Waals surface area contributed by atoms with Gasteiger partial charge in [-0.15, -0.1) is 5.10 Å². The fourth-order valence-electron chi connectivity index (χ4n) is 1.93. The first kappa shape index (κ1) is 10.9. The van der Waals surface area contributed by atoms with Crippen molar-refractivity contribution in [2.45, 2.75) is 0 Å². The number of rotatable bonds is 3. The molecule has 0 fully saturated rings. The van der Waals surface area contributed by atoms with Crippen LogP contribution in [0.4, 0.5) is 11.6 Å². The first-order valence-corrected chi connectivity index (χ1v) is 5.96. The first-order chi connectivity index (χ1) is 9.88. The predicted octanol–water partition coefficient (Wildman–Crippen LogP) is 1.67. The lowest BCUT2D eigenvalue weighted by atomic mass is 10.3. The van der Waals surface area contributed by atoms with Crippen LogP contribution in [0.2, 0.25) is 0 Å². The van der Waals surface area contributed by atoms with Gasteiger partial charge in [-0.1, -0.05) is 0 Å². The number of anilines is 2. The molecule has 20 heavy (non-hydrogen) atoms. The third kappa shape index (κ3) is 1.83. The van der Waals surface area contributed by atoms with E-state index in [1.807, 2.05) is 18.2 Å². The summed E-state index contributed by atoms with van der Waals surface area (Å²) < 4.78 is 10.6. The third-order valence-corrected chi connectivity index (χ3v) is 2.87. The molecule has 0 unspecified atom stereocenters. The van der Waals surface area contributed by atoms with Crippen LogP contribution in [-0.2, 0) is 0 Å². The Bertz CT molecular complexity index is 736. The lowest BCUT2D eigenvalue weighted by molar-refractivity contribution is 0.174. The topological polar surface area (TPSA) is 101 Å². The summed E-state index contributed by atoms with van der Waals surface area (Å²) in [5.74, 6) is 2.53. The number of aromatic nitrogens is 5. The molecule has 0 aliphatic carbocycles. The Hall–Kier alpha value is -3.03. The Kier molecular flexibility index (Phi) is 2.31. The average Bonchev–Trinajstić information content (AvgIpc) is 3.19. The monoisotopic (exact) mass is 270 g/mol. The molecule has 1 aromatic carbocycles. The smallest absolute Gasteiger partial charge is 0.246 e. The lowest BCUT2D eigenvalue weighted by Crippen LogP contribution is -1.93. The van der Waals surface area contributed by atoms with Gasteiger partial charge >= 0.3 is 0 Å². The number of aromatic amines is 2. The molecular formula is C12H10N6O2. The van der Waals surface area contributed by atoms with Gasteiger partial charge in [-0.25, -0.2) is 4.98 Å². The van der Waals surface area contributed by atoms with Gasteiger partial charge in [0.1, 0.15) is 5.69 Å². The fraction of sp³-hybridized carbons (Fsp3) is 0.0833. The number of nitrogens with one attached hydrogen (secondary N) is 3. The van der Waals surface area contributed by atoms with Crippen LogP contribution in [0.25, 0.3) is 11.5 Å². The molecule has 4 rings (SSSR count). The van der Waals surface area contributed by atoms with Gasteiger partial charge in [-0.3, -0.25) is 5.10 Å². The number of hydrogen-bond donors (Lipinski definition) is 3. The van der Waals surface area contributed by atoms with Crippen molar-refractivity contribution in [3.63, 3.8) is 0 Å². The Morgan fingerprint density at radius 3 is 3.05 bits per heavy atom. The second kappa shape index (κ2) is 4.26. The maximum absolute atomic E-state index is 5.32. The van der Waals surface area contributed by atoms with E-state index in [-0.39, 0.29) is 6.79 Å². The van der Waals surface area contributed by atoms with Crippen molar-refractivity contribution in [1.29, 1.82) is 0 Å². The number of benzene rings is 1. The van der Waals surface area contributed by atoms with Gasteiger partial charge in [0.15, 0.2) is 17.3 Å². The minimum atomic E-state index is 0.253. The van der Waals surface area contributed by atoms with Gasteiger partial charge in [0.05, 0.1) is 12.5 Å². The van der Waals surface area contributed by atoms with E-state index >= 15 is 0 Å². The van der Waals surface area contributed by atoms with Crippen molar-refractivity contribution >= 4 is 11.6 Å². The minimum Gasteiger partial charge on any atom is -0.454 e. The Balaban J connectivity index is 1.57. The molecule has 2 aromatic heterocycles. The summed E-state index contributed by atoms with van der Waals surface area (Å²) >= 11 is 0. The van der Waals surface area contributed by atoms with Crippen LogP contribution >= 0.6 is 0 Å². The zero-order chi connectivity index (χ0) is 13.4. The average molecular weight is 270 g/mol. The van der Waals surface area contributed by atoms with Gasteiger partial charge in [0.2, 0.25) is 12.7 Å². The SMILES string of the molecule is c1ncc(-c2nc(Nc3ccc4c(c3)OCO4)n[nH]2)[nH]1. The largest absolute Gasteiger partial charge is 0.454 e. The number of H-pyrrole nitrogens is 2. The van der Waals surface area contributed by atoms with Crippen LogP contribution in [0.1, 0.15) is 0 Å². The van der Waals surface area contributed by atoms with E-state index in [0.29, 0.717) is 17.5 Å². The Labute approximate surface area is 113 Å². The molecule has 100 valence electrons. The summed E-state index contributed by atoms with van der Waals surface area (Å²) in [7, 11) is 0. The molecule has 0 saturated carbocycles. The Morgan fingerprint density at radius 1 is 1.20 bits per heavy atom. The maximum atomic E-state index is 5.32. The van der Waals surface area contributed by atoms with Crippen molar-refractivity contribution in [3.8, 4) is 23.0 Å². The van der Waals surface area contributed by atoms with E-state index in [4.69, 9.17) is 9.47 Å². The summed E-state index contributed by atoms with van der Waals surface area (Å²) in [6.45, 7) is 0.253. The van der Waals surface area contributed by atoms with E-state index in [1.165, 1.54) is 0 Å². The van der Waals surface area contributed by atoms with Crippen LogP contribution in [0.5, 0.6) is 11.5 Å².